The minimum Gasteiger partial charge on any atom is -0.496 e. The second-order valence-electron chi connectivity index (χ2n) is 6.11. The molecule has 1 saturated heterocycles. The number of carbonyl (C=O) groups is 1. The van der Waals surface area contributed by atoms with Crippen LogP contribution in [0.15, 0.2) is 40.8 Å². The number of nitro groups is 1. The van der Waals surface area contributed by atoms with Crippen molar-refractivity contribution in [1.29, 1.82) is 0 Å². The Morgan fingerprint density at radius 3 is 2.78 bits per heavy atom. The zero-order valence-corrected chi connectivity index (χ0v) is 14.9. The molecule has 0 atom stereocenters. The van der Waals surface area contributed by atoms with Crippen LogP contribution in [0.3, 0.4) is 0 Å². The van der Waals surface area contributed by atoms with Crippen molar-refractivity contribution in [3.8, 4) is 5.75 Å². The lowest BCUT2D eigenvalue weighted by Gasteiger charge is -2.26. The van der Waals surface area contributed by atoms with Crippen LogP contribution in [0, 0.1) is 10.1 Å². The van der Waals surface area contributed by atoms with Crippen LogP contribution in [0.4, 0.5) is 17.3 Å². The molecule has 142 valence electrons. The average molecular weight is 372 g/mol. The molecule has 1 aromatic carbocycles. The van der Waals surface area contributed by atoms with Crippen LogP contribution in [0.2, 0.25) is 0 Å². The summed E-state index contributed by atoms with van der Waals surface area (Å²) in [7, 11) is 1.43. The maximum Gasteiger partial charge on any atom is 0.300 e. The third kappa shape index (κ3) is 4.46. The molecule has 10 heteroatoms. The lowest BCUT2D eigenvalue weighted by Crippen LogP contribution is -2.37. The number of hydrogen-bond acceptors (Lipinski definition) is 7. The number of amides is 1. The summed E-state index contributed by atoms with van der Waals surface area (Å²) >= 11 is 0. The minimum atomic E-state index is -0.552. The number of likely N-dealkylation sites (tertiary alicyclic amines) is 1. The predicted molar refractivity (Wildman–Crippen MR) is 96.5 cm³/mol. The standard InChI is InChI=1S/C17H20N6O4/c1-27-13-5-6-14(15(11-13)23(25)26)19-20-17-18-7-10-22(17)12-16(24)21-8-3-2-4-9-21/h5-7,10-11H,2-4,8-9,12H2,1H3. The van der Waals surface area contributed by atoms with E-state index in [0.717, 1.165) is 32.4 Å². The first-order valence-corrected chi connectivity index (χ1v) is 8.61. The molecule has 1 aromatic heterocycles. The van der Waals surface area contributed by atoms with Gasteiger partial charge in [0.15, 0.2) is 5.69 Å². The van der Waals surface area contributed by atoms with Crippen LogP contribution in [0.1, 0.15) is 19.3 Å². The van der Waals surface area contributed by atoms with Crippen molar-refractivity contribution in [2.75, 3.05) is 20.2 Å². The van der Waals surface area contributed by atoms with E-state index in [2.05, 4.69) is 15.2 Å². The molecule has 0 unspecified atom stereocenters. The molecule has 0 saturated carbocycles. The number of ether oxygens (including phenoxy) is 1. The van der Waals surface area contributed by atoms with E-state index in [1.54, 1.807) is 16.8 Å². The Balaban J connectivity index is 1.76. The zero-order valence-electron chi connectivity index (χ0n) is 14.9. The van der Waals surface area contributed by atoms with E-state index < -0.39 is 4.92 Å². The molecule has 27 heavy (non-hydrogen) atoms. The molecule has 0 radical (unpaired) electrons. The summed E-state index contributed by atoms with van der Waals surface area (Å²) in [5.41, 5.74) is -0.140. The van der Waals surface area contributed by atoms with Gasteiger partial charge < -0.3 is 14.2 Å². The van der Waals surface area contributed by atoms with Crippen LogP contribution in [0.5, 0.6) is 5.75 Å². The maximum atomic E-state index is 12.4. The number of azo groups is 1. The highest BCUT2D eigenvalue weighted by Crippen LogP contribution is 2.32. The van der Waals surface area contributed by atoms with E-state index in [-0.39, 0.29) is 29.8 Å². The van der Waals surface area contributed by atoms with Crippen LogP contribution < -0.4 is 4.74 Å². The smallest absolute Gasteiger partial charge is 0.300 e. The van der Waals surface area contributed by atoms with Gasteiger partial charge in [-0.3, -0.25) is 14.9 Å². The Kier molecular flexibility index (Phi) is 5.74. The molecule has 10 nitrogen and oxygen atoms in total. The highest BCUT2D eigenvalue weighted by molar-refractivity contribution is 5.76. The molecule has 1 aliphatic heterocycles. The van der Waals surface area contributed by atoms with Gasteiger partial charge in [0.2, 0.25) is 11.9 Å². The molecule has 0 spiro atoms. The fourth-order valence-electron chi connectivity index (χ4n) is 2.88. The van der Waals surface area contributed by atoms with Crippen LogP contribution in [-0.4, -0.2) is 45.5 Å². The van der Waals surface area contributed by atoms with Gasteiger partial charge in [-0.2, -0.15) is 0 Å². The van der Waals surface area contributed by atoms with Crippen molar-refractivity contribution in [2.45, 2.75) is 25.8 Å². The lowest BCUT2D eigenvalue weighted by molar-refractivity contribution is -0.384. The lowest BCUT2D eigenvalue weighted by atomic mass is 10.1. The number of piperidine rings is 1. The maximum absolute atomic E-state index is 12.4. The van der Waals surface area contributed by atoms with Gasteiger partial charge in [0.1, 0.15) is 12.3 Å². The van der Waals surface area contributed by atoms with E-state index in [9.17, 15) is 14.9 Å². The Bertz CT molecular complexity index is 857. The fourth-order valence-corrected chi connectivity index (χ4v) is 2.88. The van der Waals surface area contributed by atoms with Gasteiger partial charge in [-0.15, -0.1) is 10.2 Å². The van der Waals surface area contributed by atoms with Gasteiger partial charge in [0.25, 0.3) is 5.69 Å². The monoisotopic (exact) mass is 372 g/mol. The predicted octanol–water partition coefficient (Wildman–Crippen LogP) is 3.23. The molecule has 1 amide bonds. The number of rotatable bonds is 6. The summed E-state index contributed by atoms with van der Waals surface area (Å²) in [5, 5.41) is 19.2. The van der Waals surface area contributed by atoms with Crippen molar-refractivity contribution in [2.24, 2.45) is 10.2 Å². The minimum absolute atomic E-state index is 0.000391. The number of benzene rings is 1. The number of nitro benzene ring substituents is 1. The fraction of sp³-hybridized carbons (Fsp3) is 0.412. The quantitative estimate of drug-likeness (QED) is 0.438. The molecule has 0 N–H and O–H groups in total. The normalized spacial score (nSPS) is 14.5. The average Bonchev–Trinajstić information content (AvgIpc) is 3.13. The van der Waals surface area contributed by atoms with Crippen molar-refractivity contribution >= 4 is 23.2 Å². The molecule has 3 rings (SSSR count). The Labute approximate surface area is 155 Å². The number of imidazole rings is 1. The molecular formula is C17H20N6O4. The third-order valence-corrected chi connectivity index (χ3v) is 4.33. The number of nitrogens with zero attached hydrogens (tertiary/aromatic N) is 6. The van der Waals surface area contributed by atoms with Crippen molar-refractivity contribution < 1.29 is 14.5 Å². The summed E-state index contributed by atoms with van der Waals surface area (Å²) in [6.45, 7) is 1.64. The van der Waals surface area contributed by atoms with Crippen molar-refractivity contribution in [3.05, 3.63) is 40.7 Å². The van der Waals surface area contributed by atoms with Gasteiger partial charge >= 0.3 is 0 Å². The molecule has 2 aromatic rings. The van der Waals surface area contributed by atoms with Gasteiger partial charge in [-0.25, -0.2) is 4.98 Å². The second-order valence-corrected chi connectivity index (χ2v) is 6.11. The summed E-state index contributed by atoms with van der Waals surface area (Å²) in [4.78, 5) is 29.0. The van der Waals surface area contributed by atoms with E-state index in [1.165, 1.54) is 25.4 Å². The Morgan fingerprint density at radius 1 is 1.30 bits per heavy atom. The van der Waals surface area contributed by atoms with E-state index in [1.807, 2.05) is 4.90 Å². The number of carbonyl (C=O) groups excluding carboxylic acids is 1. The first-order valence-electron chi connectivity index (χ1n) is 8.61. The third-order valence-electron chi connectivity index (χ3n) is 4.33. The first kappa shape index (κ1) is 18.5. The summed E-state index contributed by atoms with van der Waals surface area (Å²) in [6.07, 6.45) is 6.33. The highest BCUT2D eigenvalue weighted by atomic mass is 16.6. The van der Waals surface area contributed by atoms with E-state index in [4.69, 9.17) is 4.74 Å². The molecule has 0 aliphatic carbocycles. The summed E-state index contributed by atoms with van der Waals surface area (Å²) < 4.78 is 6.57. The molecule has 1 aliphatic rings. The Hall–Kier alpha value is -3.30. The van der Waals surface area contributed by atoms with Crippen LogP contribution in [0.25, 0.3) is 0 Å². The number of aromatic nitrogens is 2. The van der Waals surface area contributed by atoms with Crippen molar-refractivity contribution in [1.82, 2.24) is 14.5 Å². The summed E-state index contributed by atoms with van der Waals surface area (Å²) in [6, 6.07) is 4.29. The molecule has 1 fully saturated rings. The topological polar surface area (TPSA) is 115 Å². The van der Waals surface area contributed by atoms with Gasteiger partial charge in [0.05, 0.1) is 18.1 Å². The van der Waals surface area contributed by atoms with Crippen LogP contribution in [-0.2, 0) is 11.3 Å². The first-order chi connectivity index (χ1) is 13.1. The largest absolute Gasteiger partial charge is 0.496 e. The Morgan fingerprint density at radius 2 is 2.07 bits per heavy atom. The van der Waals surface area contributed by atoms with E-state index >= 15 is 0 Å². The SMILES string of the molecule is COc1ccc(N=Nc2nccn2CC(=O)N2CCCCC2)c([N+](=O)[O-])c1. The summed E-state index contributed by atoms with van der Waals surface area (Å²) in [5.74, 6) is 0.569. The molecule has 2 heterocycles. The van der Waals surface area contributed by atoms with Gasteiger partial charge in [-0.05, 0) is 31.4 Å². The van der Waals surface area contributed by atoms with Crippen LogP contribution >= 0.6 is 0 Å². The number of hydrogen-bond donors (Lipinski definition) is 0. The van der Waals surface area contributed by atoms with Gasteiger partial charge in [0, 0.05) is 25.5 Å². The van der Waals surface area contributed by atoms with E-state index in [0.29, 0.717) is 5.75 Å². The molecule has 0 bridgehead atoms. The highest BCUT2D eigenvalue weighted by Gasteiger charge is 2.18. The number of methoxy groups -OCH3 is 1. The molecular weight excluding hydrogens is 352 g/mol. The van der Waals surface area contributed by atoms with Gasteiger partial charge in [-0.1, -0.05) is 0 Å². The van der Waals surface area contributed by atoms with Crippen molar-refractivity contribution in [3.63, 3.8) is 0 Å². The zero-order chi connectivity index (χ0) is 19.2. The second kappa shape index (κ2) is 8.39.